The average Bonchev–Trinajstić information content (AvgIpc) is 2.88. The van der Waals surface area contributed by atoms with Crippen molar-refractivity contribution in [1.82, 2.24) is 0 Å². The molecule has 4 aliphatic rings. The highest BCUT2D eigenvalue weighted by Gasteiger charge is 2.60. The molecule has 1 nitrogen and oxygen atoms in total. The van der Waals surface area contributed by atoms with E-state index in [0.29, 0.717) is 17.1 Å². The maximum absolute atomic E-state index is 12.5. The smallest absolute Gasteiger partial charge is 0.139 e. The van der Waals surface area contributed by atoms with Crippen molar-refractivity contribution in [2.75, 3.05) is 0 Å². The van der Waals surface area contributed by atoms with Crippen LogP contribution in [0.3, 0.4) is 0 Å². The van der Waals surface area contributed by atoms with Gasteiger partial charge in [-0.25, -0.2) is 0 Å². The molecule has 0 spiro atoms. The van der Waals surface area contributed by atoms with Crippen LogP contribution in [0.5, 0.6) is 0 Å². The fourth-order valence-electron chi connectivity index (χ4n) is 7.46. The highest BCUT2D eigenvalue weighted by atomic mass is 16.1. The molecular weight excluding hydrogens is 292 g/mol. The van der Waals surface area contributed by atoms with Crippen LogP contribution >= 0.6 is 0 Å². The van der Waals surface area contributed by atoms with Crippen molar-refractivity contribution in [2.45, 2.75) is 65.2 Å². The minimum atomic E-state index is -0.0219. The second kappa shape index (κ2) is 5.39. The van der Waals surface area contributed by atoms with E-state index in [2.05, 4.69) is 25.7 Å². The molecule has 0 radical (unpaired) electrons. The first-order valence-electron chi connectivity index (χ1n) is 9.89. The minimum Gasteiger partial charge on any atom is -0.299 e. The van der Waals surface area contributed by atoms with Crippen molar-refractivity contribution >= 4 is 5.78 Å². The van der Waals surface area contributed by atoms with Crippen LogP contribution in [0.4, 0.5) is 0 Å². The van der Waals surface area contributed by atoms with Crippen molar-refractivity contribution in [3.05, 3.63) is 0 Å². The van der Waals surface area contributed by atoms with Gasteiger partial charge in [0.1, 0.15) is 5.78 Å². The van der Waals surface area contributed by atoms with Crippen molar-refractivity contribution in [1.29, 1.82) is 0 Å². The van der Waals surface area contributed by atoms with Crippen LogP contribution < -0.4 is 0 Å². The van der Waals surface area contributed by atoms with Gasteiger partial charge in [0.2, 0.25) is 0 Å². The molecule has 0 unspecified atom stereocenters. The van der Waals surface area contributed by atoms with E-state index >= 15 is 0 Å². The Morgan fingerprint density at radius 1 is 1.00 bits per heavy atom. The molecule has 128 valence electrons. The maximum atomic E-state index is 12.5. The molecule has 4 rings (SSSR count). The van der Waals surface area contributed by atoms with Gasteiger partial charge >= 0.3 is 0 Å². The van der Waals surface area contributed by atoms with Gasteiger partial charge in [0.05, 0.1) is 0 Å². The Morgan fingerprint density at radius 2 is 1.75 bits per heavy atom. The topological polar surface area (TPSA) is 17.1 Å². The summed E-state index contributed by atoms with van der Waals surface area (Å²) >= 11 is 0. The zero-order valence-electron chi connectivity index (χ0n) is 15.2. The summed E-state index contributed by atoms with van der Waals surface area (Å²) in [6.07, 6.45) is 20.7. The standard InChI is InChI=1S/C23H30O/c1-5-15-13-17-7-8-18-19-9-10-21(24)22(19,3)12-11-20(18)23(17,4)14-16(15)6-2/h1-2,15-20H,7-14H2,3-4H3/t15-,16-,17+,18+,19+,20+,22+,23+/m1/s1. The molecule has 0 amide bonds. The molecule has 8 atom stereocenters. The zero-order valence-corrected chi connectivity index (χ0v) is 15.2. The van der Waals surface area contributed by atoms with Crippen molar-refractivity contribution in [3.63, 3.8) is 0 Å². The second-order valence-electron chi connectivity index (χ2n) is 9.56. The number of rotatable bonds is 0. The summed E-state index contributed by atoms with van der Waals surface area (Å²) in [5.74, 6) is 9.89. The third kappa shape index (κ3) is 2.00. The van der Waals surface area contributed by atoms with E-state index in [-0.39, 0.29) is 17.3 Å². The number of hydrogen-bond acceptors (Lipinski definition) is 1. The normalized spacial score (nSPS) is 53.2. The Kier molecular flexibility index (Phi) is 3.66. The third-order valence-corrected chi connectivity index (χ3v) is 8.89. The summed E-state index contributed by atoms with van der Waals surface area (Å²) in [7, 11) is 0. The number of hydrogen-bond donors (Lipinski definition) is 0. The van der Waals surface area contributed by atoms with Gasteiger partial charge in [0.15, 0.2) is 0 Å². The first-order valence-corrected chi connectivity index (χ1v) is 9.89. The van der Waals surface area contributed by atoms with Gasteiger partial charge in [-0.1, -0.05) is 13.8 Å². The summed E-state index contributed by atoms with van der Waals surface area (Å²) in [6.45, 7) is 4.77. The monoisotopic (exact) mass is 322 g/mol. The van der Waals surface area contributed by atoms with E-state index in [9.17, 15) is 4.79 Å². The quantitative estimate of drug-likeness (QED) is 0.590. The summed E-state index contributed by atoms with van der Waals surface area (Å²) in [5, 5.41) is 0. The van der Waals surface area contributed by atoms with Gasteiger partial charge in [-0.3, -0.25) is 4.79 Å². The predicted molar refractivity (Wildman–Crippen MR) is 96.8 cm³/mol. The lowest BCUT2D eigenvalue weighted by Gasteiger charge is -2.60. The van der Waals surface area contributed by atoms with Crippen molar-refractivity contribution in [3.8, 4) is 24.7 Å². The first-order chi connectivity index (χ1) is 11.4. The summed E-state index contributed by atoms with van der Waals surface area (Å²) in [6, 6.07) is 0. The molecule has 0 aromatic heterocycles. The van der Waals surface area contributed by atoms with Crippen LogP contribution in [0.2, 0.25) is 0 Å². The number of carbonyl (C=O) groups is 1. The third-order valence-electron chi connectivity index (χ3n) is 8.89. The lowest BCUT2D eigenvalue weighted by Crippen LogP contribution is -2.54. The molecule has 0 saturated heterocycles. The molecule has 1 heteroatoms. The van der Waals surface area contributed by atoms with Crippen LogP contribution in [0.15, 0.2) is 0 Å². The molecule has 24 heavy (non-hydrogen) atoms. The van der Waals surface area contributed by atoms with Gasteiger partial charge in [-0.2, -0.15) is 0 Å². The number of ketones is 1. The Morgan fingerprint density at radius 3 is 2.46 bits per heavy atom. The van der Waals surface area contributed by atoms with Crippen LogP contribution in [0.1, 0.15) is 65.2 Å². The molecule has 0 heterocycles. The summed E-state index contributed by atoms with van der Waals surface area (Å²) in [4.78, 5) is 12.5. The number of fused-ring (bicyclic) bond motifs is 5. The fraction of sp³-hybridized carbons (Fsp3) is 0.783. The SMILES string of the molecule is C#C[C@@H]1C[C@@H]2CC[C@@H]3[C@H](CC[C@]4(C)C(=O)CC[C@@H]34)[C@@]2(C)C[C@H]1C#C. The molecule has 0 aliphatic heterocycles. The highest BCUT2D eigenvalue weighted by molar-refractivity contribution is 5.87. The predicted octanol–water partition coefficient (Wildman–Crippen LogP) is 4.71. The summed E-state index contributed by atoms with van der Waals surface area (Å²) < 4.78 is 0. The van der Waals surface area contributed by atoms with E-state index in [4.69, 9.17) is 12.8 Å². The van der Waals surface area contributed by atoms with Crippen LogP contribution in [-0.2, 0) is 4.79 Å². The van der Waals surface area contributed by atoms with E-state index in [0.717, 1.165) is 49.9 Å². The van der Waals surface area contributed by atoms with Crippen molar-refractivity contribution in [2.24, 2.45) is 46.3 Å². The van der Waals surface area contributed by atoms with Crippen LogP contribution in [-0.4, -0.2) is 5.78 Å². The highest BCUT2D eigenvalue weighted by Crippen LogP contribution is 2.66. The van der Waals surface area contributed by atoms with Crippen LogP contribution in [0, 0.1) is 71.0 Å². The lowest BCUT2D eigenvalue weighted by molar-refractivity contribution is -0.141. The summed E-state index contributed by atoms with van der Waals surface area (Å²) in [5.41, 5.74) is 0.312. The molecule has 4 aliphatic carbocycles. The average molecular weight is 322 g/mol. The van der Waals surface area contributed by atoms with Gasteiger partial charge in [-0.05, 0) is 74.0 Å². The van der Waals surface area contributed by atoms with Gasteiger partial charge in [0, 0.05) is 23.7 Å². The Labute approximate surface area is 147 Å². The number of Topliss-reactive ketones (excluding diaryl/α,β-unsaturated/α-hetero) is 1. The molecule has 4 saturated carbocycles. The number of terminal acetylenes is 2. The van der Waals surface area contributed by atoms with E-state index in [1.54, 1.807) is 0 Å². The van der Waals surface area contributed by atoms with E-state index < -0.39 is 0 Å². The van der Waals surface area contributed by atoms with Gasteiger partial charge in [0.25, 0.3) is 0 Å². The van der Waals surface area contributed by atoms with E-state index in [1.165, 1.54) is 19.3 Å². The molecule has 0 aromatic carbocycles. The van der Waals surface area contributed by atoms with E-state index in [1.807, 2.05) is 0 Å². The Balaban J connectivity index is 1.65. The molecular formula is C23H30O. The van der Waals surface area contributed by atoms with Gasteiger partial charge < -0.3 is 0 Å². The number of carbonyl (C=O) groups excluding carboxylic acids is 1. The maximum Gasteiger partial charge on any atom is 0.139 e. The molecule has 0 N–H and O–H groups in total. The zero-order chi connectivity index (χ0) is 17.1. The minimum absolute atomic E-state index is 0.0219. The molecule has 0 aromatic rings. The van der Waals surface area contributed by atoms with Crippen LogP contribution in [0.25, 0.3) is 0 Å². The molecule has 4 fully saturated rings. The fourth-order valence-corrected chi connectivity index (χ4v) is 7.46. The molecule has 0 bridgehead atoms. The second-order valence-corrected chi connectivity index (χ2v) is 9.56. The van der Waals surface area contributed by atoms with Crippen molar-refractivity contribution < 1.29 is 4.79 Å². The van der Waals surface area contributed by atoms with Gasteiger partial charge in [-0.15, -0.1) is 24.7 Å². The first kappa shape index (κ1) is 16.3. The largest absolute Gasteiger partial charge is 0.299 e. The lowest BCUT2D eigenvalue weighted by atomic mass is 9.43. The Bertz CT molecular complexity index is 633. The Hall–Kier alpha value is -1.21.